The molecule has 4 rings (SSSR count). The van der Waals surface area contributed by atoms with Crippen molar-refractivity contribution in [3.63, 3.8) is 0 Å². The third-order valence-electron chi connectivity index (χ3n) is 6.09. The highest BCUT2D eigenvalue weighted by atomic mass is 35.5. The maximum atomic E-state index is 11.5. The normalized spacial score (nSPS) is 53.1. The van der Waals surface area contributed by atoms with Crippen molar-refractivity contribution in [3.8, 4) is 0 Å². The number of aliphatic hydroxyl groups is 1. The highest BCUT2D eigenvalue weighted by Crippen LogP contribution is 2.50. The molecular formula is C15H24ClN3OS. The van der Waals surface area contributed by atoms with Gasteiger partial charge in [0.05, 0.1) is 6.04 Å². The molecule has 4 aliphatic rings. The second kappa shape index (κ2) is 5.29. The first-order chi connectivity index (χ1) is 10.1. The Bertz CT molecular complexity index is 462. The summed E-state index contributed by atoms with van der Waals surface area (Å²) < 4.78 is 0. The van der Waals surface area contributed by atoms with Gasteiger partial charge in [0.15, 0.2) is 0 Å². The molecule has 4 N–H and O–H groups in total. The molecule has 21 heavy (non-hydrogen) atoms. The zero-order chi connectivity index (χ0) is 14.6. The van der Waals surface area contributed by atoms with Crippen molar-refractivity contribution >= 4 is 29.2 Å². The van der Waals surface area contributed by atoms with E-state index in [1.165, 1.54) is 0 Å². The minimum atomic E-state index is -0.910. The molecule has 0 aromatic heterocycles. The standard InChI is InChI=1S/C15H24ClN3OS/c16-9-2-4-11-10(6-9)15(20,14(17)19-11)8-1-3-12-13(5-8)21-7-18-12/h8-13,18,20H,1-7H2,(H2,17,19). The molecule has 7 unspecified atom stereocenters. The summed E-state index contributed by atoms with van der Waals surface area (Å²) in [5.41, 5.74) is 5.31. The molecule has 0 aromatic carbocycles. The molecule has 118 valence electrons. The Labute approximate surface area is 135 Å². The van der Waals surface area contributed by atoms with E-state index in [9.17, 15) is 5.11 Å². The van der Waals surface area contributed by atoms with Gasteiger partial charge >= 0.3 is 0 Å². The van der Waals surface area contributed by atoms with E-state index in [0.29, 0.717) is 17.1 Å². The van der Waals surface area contributed by atoms with Crippen LogP contribution < -0.4 is 11.1 Å². The van der Waals surface area contributed by atoms with Crippen LogP contribution in [0.15, 0.2) is 4.99 Å². The van der Waals surface area contributed by atoms with E-state index in [1.54, 1.807) is 0 Å². The second-order valence-corrected chi connectivity index (χ2v) is 8.94. The number of aliphatic imine (C=N–C) groups is 1. The summed E-state index contributed by atoms with van der Waals surface area (Å²) in [4.78, 5) is 4.62. The Morgan fingerprint density at radius 3 is 3.00 bits per heavy atom. The second-order valence-electron chi connectivity index (χ2n) is 7.09. The highest BCUT2D eigenvalue weighted by molar-refractivity contribution is 8.00. The van der Waals surface area contributed by atoms with Crippen molar-refractivity contribution in [2.45, 2.75) is 66.8 Å². The van der Waals surface area contributed by atoms with Gasteiger partial charge in [-0.1, -0.05) is 0 Å². The molecule has 2 heterocycles. The first kappa shape index (κ1) is 14.6. The Balaban J connectivity index is 1.58. The van der Waals surface area contributed by atoms with Crippen LogP contribution in [0.3, 0.4) is 0 Å². The van der Waals surface area contributed by atoms with Crippen LogP contribution in [0.1, 0.15) is 38.5 Å². The van der Waals surface area contributed by atoms with Crippen molar-refractivity contribution in [1.82, 2.24) is 5.32 Å². The first-order valence-corrected chi connectivity index (χ1v) is 9.62. The number of hydrogen-bond donors (Lipinski definition) is 3. The van der Waals surface area contributed by atoms with Crippen molar-refractivity contribution in [3.05, 3.63) is 0 Å². The molecule has 2 aliphatic carbocycles. The minimum Gasteiger partial charge on any atom is -0.385 e. The fourth-order valence-electron chi connectivity index (χ4n) is 4.92. The SMILES string of the molecule is NC1=NC2CCC(Cl)CC2C1(O)C1CCC2NCSC2C1. The molecule has 0 spiro atoms. The maximum absolute atomic E-state index is 11.5. The van der Waals surface area contributed by atoms with Crippen LogP contribution in [-0.4, -0.2) is 45.1 Å². The van der Waals surface area contributed by atoms with Crippen LogP contribution in [0.4, 0.5) is 0 Å². The number of nitrogens with zero attached hydrogens (tertiary/aromatic N) is 1. The lowest BCUT2D eigenvalue weighted by atomic mass is 9.65. The number of nitrogens with one attached hydrogen (secondary N) is 1. The Morgan fingerprint density at radius 1 is 1.29 bits per heavy atom. The summed E-state index contributed by atoms with van der Waals surface area (Å²) in [6, 6.07) is 0.814. The third kappa shape index (κ3) is 2.23. The zero-order valence-electron chi connectivity index (χ0n) is 12.2. The number of nitrogens with two attached hydrogens (primary N) is 1. The van der Waals surface area contributed by atoms with Gasteiger partial charge in [-0.25, -0.2) is 0 Å². The van der Waals surface area contributed by atoms with E-state index >= 15 is 0 Å². The molecule has 2 aliphatic heterocycles. The molecule has 1 saturated heterocycles. The summed E-state index contributed by atoms with van der Waals surface area (Å²) in [6.45, 7) is 0. The average Bonchev–Trinajstić information content (AvgIpc) is 3.03. The summed E-state index contributed by atoms with van der Waals surface area (Å²) in [5.74, 6) is 1.91. The number of alkyl halides is 1. The third-order valence-corrected chi connectivity index (χ3v) is 7.77. The van der Waals surface area contributed by atoms with E-state index in [0.717, 1.165) is 44.4 Å². The smallest absolute Gasteiger partial charge is 0.129 e. The molecule has 0 amide bonds. The molecule has 7 atom stereocenters. The summed E-state index contributed by atoms with van der Waals surface area (Å²) in [5, 5.41) is 15.8. The lowest BCUT2D eigenvalue weighted by Gasteiger charge is -2.45. The van der Waals surface area contributed by atoms with Crippen molar-refractivity contribution < 1.29 is 5.11 Å². The molecule has 3 fully saturated rings. The van der Waals surface area contributed by atoms with E-state index in [2.05, 4.69) is 10.3 Å². The monoisotopic (exact) mass is 329 g/mol. The van der Waals surface area contributed by atoms with E-state index in [-0.39, 0.29) is 23.3 Å². The number of thioether (sulfide) groups is 1. The van der Waals surface area contributed by atoms with Crippen LogP contribution in [0, 0.1) is 11.8 Å². The molecule has 6 heteroatoms. The predicted octanol–water partition coefficient (Wildman–Crippen LogP) is 1.70. The fourth-order valence-corrected chi connectivity index (χ4v) is 6.60. The van der Waals surface area contributed by atoms with E-state index in [4.69, 9.17) is 17.3 Å². The van der Waals surface area contributed by atoms with Gasteiger partial charge in [0.1, 0.15) is 11.4 Å². The lowest BCUT2D eigenvalue weighted by Crippen LogP contribution is -2.57. The van der Waals surface area contributed by atoms with E-state index in [1.807, 2.05) is 11.8 Å². The van der Waals surface area contributed by atoms with Crippen LogP contribution in [0.5, 0.6) is 0 Å². The lowest BCUT2D eigenvalue weighted by molar-refractivity contribution is -0.0299. The summed E-state index contributed by atoms with van der Waals surface area (Å²) in [7, 11) is 0. The van der Waals surface area contributed by atoms with Gasteiger partial charge in [0, 0.05) is 28.5 Å². The number of fused-ring (bicyclic) bond motifs is 2. The summed E-state index contributed by atoms with van der Waals surface area (Å²) >= 11 is 8.36. The number of halogens is 1. The molecule has 0 radical (unpaired) electrons. The fraction of sp³-hybridized carbons (Fsp3) is 0.933. The average molecular weight is 330 g/mol. The number of rotatable bonds is 1. The van der Waals surface area contributed by atoms with Crippen LogP contribution in [0.25, 0.3) is 0 Å². The molecular weight excluding hydrogens is 306 g/mol. The predicted molar refractivity (Wildman–Crippen MR) is 87.9 cm³/mol. The molecule has 2 saturated carbocycles. The van der Waals surface area contributed by atoms with Gasteiger partial charge in [-0.05, 0) is 44.4 Å². The van der Waals surface area contributed by atoms with Gasteiger partial charge in [-0.2, -0.15) is 0 Å². The summed E-state index contributed by atoms with van der Waals surface area (Å²) in [6.07, 6.45) is 6.03. The van der Waals surface area contributed by atoms with Crippen molar-refractivity contribution in [2.24, 2.45) is 22.6 Å². The van der Waals surface area contributed by atoms with Gasteiger partial charge in [0.2, 0.25) is 0 Å². The maximum Gasteiger partial charge on any atom is 0.129 e. The van der Waals surface area contributed by atoms with Gasteiger partial charge in [-0.15, -0.1) is 23.4 Å². The molecule has 4 nitrogen and oxygen atoms in total. The highest BCUT2D eigenvalue weighted by Gasteiger charge is 2.57. The number of amidine groups is 1. The van der Waals surface area contributed by atoms with Gasteiger partial charge in [0.25, 0.3) is 0 Å². The van der Waals surface area contributed by atoms with Crippen LogP contribution in [0.2, 0.25) is 0 Å². The quantitative estimate of drug-likeness (QED) is 0.640. The molecule has 0 bridgehead atoms. The van der Waals surface area contributed by atoms with Crippen molar-refractivity contribution in [2.75, 3.05) is 5.88 Å². The minimum absolute atomic E-state index is 0.134. The number of hydrogen-bond acceptors (Lipinski definition) is 5. The Kier molecular flexibility index (Phi) is 3.68. The Morgan fingerprint density at radius 2 is 2.14 bits per heavy atom. The van der Waals surface area contributed by atoms with Crippen LogP contribution >= 0.6 is 23.4 Å². The van der Waals surface area contributed by atoms with Crippen molar-refractivity contribution in [1.29, 1.82) is 0 Å². The van der Waals surface area contributed by atoms with Gasteiger partial charge in [-0.3, -0.25) is 4.99 Å². The Hall–Kier alpha value is 0.0300. The van der Waals surface area contributed by atoms with Crippen LogP contribution in [-0.2, 0) is 0 Å². The van der Waals surface area contributed by atoms with Gasteiger partial charge < -0.3 is 16.2 Å². The topological polar surface area (TPSA) is 70.6 Å². The van der Waals surface area contributed by atoms with E-state index < -0.39 is 5.60 Å². The largest absolute Gasteiger partial charge is 0.385 e. The first-order valence-electron chi connectivity index (χ1n) is 8.14. The zero-order valence-corrected chi connectivity index (χ0v) is 13.7. The molecule has 0 aromatic rings.